The average molecular weight is 138 g/mol. The highest BCUT2D eigenvalue weighted by Gasteiger charge is 2.20. The molecule has 2 N–H and O–H groups in total. The maximum Gasteiger partial charge on any atom is 0.323 e. The normalized spacial score (nSPS) is 26.6. The maximum atomic E-state index is 10.2. The van der Waals surface area contributed by atoms with Crippen molar-refractivity contribution in [3.63, 3.8) is 0 Å². The van der Waals surface area contributed by atoms with Gasteiger partial charge in [-0.05, 0) is 0 Å². The fraction of sp³-hybridized carbons (Fsp3) is 0.750. The molecule has 1 rings (SSSR count). The van der Waals surface area contributed by atoms with Crippen LogP contribution in [-0.2, 0) is 9.53 Å². The Morgan fingerprint density at radius 3 is 2.50 bits per heavy atom. The molecule has 1 saturated heterocycles. The Balaban J connectivity index is 0.000000490. The van der Waals surface area contributed by atoms with E-state index in [4.69, 9.17) is 5.73 Å². The lowest BCUT2D eigenvalue weighted by molar-refractivity contribution is -0.139. The molecule has 1 fully saturated rings. The molecule has 0 aromatic rings. The summed E-state index contributed by atoms with van der Waals surface area (Å²) in [6, 6.07) is -0.347. The van der Waals surface area contributed by atoms with Crippen molar-refractivity contribution in [2.24, 2.45) is 5.73 Å². The lowest BCUT2D eigenvalue weighted by atomic mass is 10.3. The van der Waals surface area contributed by atoms with Gasteiger partial charge in [0.1, 0.15) is 6.04 Å². The molecular weight excluding hydrogens is 130 g/mol. The quantitative estimate of drug-likeness (QED) is 0.466. The molecule has 0 amide bonds. The van der Waals surface area contributed by atoms with Crippen LogP contribution in [0, 0.1) is 0 Å². The minimum Gasteiger partial charge on any atom is -0.464 e. The fourth-order valence-corrected chi connectivity index (χ4v) is 0.511. The van der Waals surface area contributed by atoms with Crippen molar-refractivity contribution in [1.29, 1.82) is 0 Å². The van der Waals surface area contributed by atoms with E-state index in [-0.39, 0.29) is 24.4 Å². The summed E-state index contributed by atoms with van der Waals surface area (Å²) in [6.45, 7) is 0.500. The van der Waals surface area contributed by atoms with E-state index in [0.29, 0.717) is 13.0 Å². The third-order valence-corrected chi connectivity index (χ3v) is 0.976. The first-order valence-electron chi connectivity index (χ1n) is 2.23. The molecule has 3 nitrogen and oxygen atoms in total. The molecule has 1 heterocycles. The molecule has 8 heavy (non-hydrogen) atoms. The smallest absolute Gasteiger partial charge is 0.323 e. The van der Waals surface area contributed by atoms with Crippen molar-refractivity contribution in [1.82, 2.24) is 0 Å². The number of carbonyl (C=O) groups excluding carboxylic acids is 1. The SMILES string of the molecule is Cl.NC1CCOC1=O. The van der Waals surface area contributed by atoms with Gasteiger partial charge in [0.05, 0.1) is 6.61 Å². The largest absolute Gasteiger partial charge is 0.464 e. The second-order valence-electron chi connectivity index (χ2n) is 1.56. The van der Waals surface area contributed by atoms with Crippen LogP contribution in [0.1, 0.15) is 6.42 Å². The Morgan fingerprint density at radius 1 is 1.75 bits per heavy atom. The topological polar surface area (TPSA) is 52.3 Å². The molecule has 0 aromatic carbocycles. The van der Waals surface area contributed by atoms with Gasteiger partial charge in [0.15, 0.2) is 0 Å². The summed E-state index contributed by atoms with van der Waals surface area (Å²) in [6.07, 6.45) is 0.679. The number of nitrogens with two attached hydrogens (primary N) is 1. The molecular formula is C4H8ClNO2. The molecule has 1 atom stereocenters. The van der Waals surface area contributed by atoms with Crippen LogP contribution in [0.5, 0.6) is 0 Å². The van der Waals surface area contributed by atoms with Gasteiger partial charge in [-0.25, -0.2) is 0 Å². The van der Waals surface area contributed by atoms with Crippen LogP contribution in [-0.4, -0.2) is 18.6 Å². The lowest BCUT2D eigenvalue weighted by Crippen LogP contribution is -2.24. The molecule has 1 aliphatic heterocycles. The molecule has 0 radical (unpaired) electrons. The lowest BCUT2D eigenvalue weighted by Gasteiger charge is -1.89. The van der Waals surface area contributed by atoms with Crippen molar-refractivity contribution in [3.8, 4) is 0 Å². The number of carbonyl (C=O) groups is 1. The van der Waals surface area contributed by atoms with Crippen LogP contribution in [0.2, 0.25) is 0 Å². The number of esters is 1. The molecule has 0 aromatic heterocycles. The van der Waals surface area contributed by atoms with Crippen molar-refractivity contribution < 1.29 is 9.53 Å². The zero-order valence-electron chi connectivity index (χ0n) is 4.29. The first-order chi connectivity index (χ1) is 3.30. The van der Waals surface area contributed by atoms with Gasteiger partial charge in [0.2, 0.25) is 0 Å². The molecule has 0 spiro atoms. The summed E-state index contributed by atoms with van der Waals surface area (Å²) in [5.74, 6) is -0.264. The Labute approximate surface area is 53.6 Å². The highest BCUT2D eigenvalue weighted by atomic mass is 35.5. The van der Waals surface area contributed by atoms with E-state index in [0.717, 1.165) is 0 Å². The molecule has 0 bridgehead atoms. The third kappa shape index (κ3) is 1.35. The van der Waals surface area contributed by atoms with Crippen LogP contribution in [0.15, 0.2) is 0 Å². The van der Waals surface area contributed by atoms with E-state index >= 15 is 0 Å². The van der Waals surface area contributed by atoms with Crippen molar-refractivity contribution in [2.45, 2.75) is 12.5 Å². The van der Waals surface area contributed by atoms with Gasteiger partial charge >= 0.3 is 5.97 Å². The number of halogens is 1. The standard InChI is InChI=1S/C4H7NO2.ClH/c5-3-1-2-7-4(3)6;/h3H,1-2,5H2;1H. The van der Waals surface area contributed by atoms with Gasteiger partial charge in [-0.15, -0.1) is 12.4 Å². The third-order valence-electron chi connectivity index (χ3n) is 0.976. The number of cyclic esters (lactones) is 1. The van der Waals surface area contributed by atoms with E-state index < -0.39 is 0 Å². The monoisotopic (exact) mass is 137 g/mol. The van der Waals surface area contributed by atoms with Crippen molar-refractivity contribution >= 4 is 18.4 Å². The molecule has 0 saturated carbocycles. The molecule has 1 aliphatic rings. The molecule has 1 unspecified atom stereocenters. The fourth-order valence-electron chi connectivity index (χ4n) is 0.511. The highest BCUT2D eigenvalue weighted by molar-refractivity contribution is 5.85. The Bertz CT molecular complexity index is 96.0. The number of hydrogen-bond acceptors (Lipinski definition) is 3. The van der Waals surface area contributed by atoms with Crippen molar-refractivity contribution in [3.05, 3.63) is 0 Å². The summed E-state index contributed by atoms with van der Waals surface area (Å²) < 4.78 is 4.50. The number of ether oxygens (including phenoxy) is 1. The van der Waals surface area contributed by atoms with E-state index in [1.54, 1.807) is 0 Å². The molecule has 4 heteroatoms. The van der Waals surface area contributed by atoms with Gasteiger partial charge < -0.3 is 10.5 Å². The van der Waals surface area contributed by atoms with Crippen LogP contribution >= 0.6 is 12.4 Å². The van der Waals surface area contributed by atoms with E-state index in [1.165, 1.54) is 0 Å². The van der Waals surface area contributed by atoms with E-state index in [9.17, 15) is 4.79 Å². The average Bonchev–Trinajstić information content (AvgIpc) is 1.91. The zero-order valence-corrected chi connectivity index (χ0v) is 5.11. The molecule has 0 aliphatic carbocycles. The van der Waals surface area contributed by atoms with Crippen molar-refractivity contribution in [2.75, 3.05) is 6.61 Å². The predicted octanol–water partition coefficient (Wildman–Crippen LogP) is -0.318. The Morgan fingerprint density at radius 2 is 2.38 bits per heavy atom. The Hall–Kier alpha value is -0.280. The van der Waals surface area contributed by atoms with E-state index in [2.05, 4.69) is 4.74 Å². The second-order valence-corrected chi connectivity index (χ2v) is 1.56. The van der Waals surface area contributed by atoms with Gasteiger partial charge in [0, 0.05) is 6.42 Å². The van der Waals surface area contributed by atoms with Crippen LogP contribution in [0.25, 0.3) is 0 Å². The summed E-state index contributed by atoms with van der Waals surface area (Å²) in [5.41, 5.74) is 5.20. The minimum absolute atomic E-state index is 0. The number of hydrogen-bond donors (Lipinski definition) is 1. The van der Waals surface area contributed by atoms with E-state index in [1.807, 2.05) is 0 Å². The number of rotatable bonds is 0. The summed E-state index contributed by atoms with van der Waals surface area (Å²) >= 11 is 0. The zero-order chi connectivity index (χ0) is 5.28. The second kappa shape index (κ2) is 2.89. The van der Waals surface area contributed by atoms with Crippen LogP contribution in [0.3, 0.4) is 0 Å². The maximum absolute atomic E-state index is 10.2. The summed E-state index contributed by atoms with van der Waals surface area (Å²) in [7, 11) is 0. The first kappa shape index (κ1) is 7.72. The summed E-state index contributed by atoms with van der Waals surface area (Å²) in [4.78, 5) is 10.2. The van der Waals surface area contributed by atoms with Gasteiger partial charge in [0.25, 0.3) is 0 Å². The predicted molar refractivity (Wildman–Crippen MR) is 30.8 cm³/mol. The minimum atomic E-state index is -0.347. The summed E-state index contributed by atoms with van der Waals surface area (Å²) in [5, 5.41) is 0. The van der Waals surface area contributed by atoms with Gasteiger partial charge in [-0.2, -0.15) is 0 Å². The Kier molecular flexibility index (Phi) is 2.79. The van der Waals surface area contributed by atoms with Gasteiger partial charge in [-0.3, -0.25) is 4.79 Å². The van der Waals surface area contributed by atoms with Gasteiger partial charge in [-0.1, -0.05) is 0 Å². The highest BCUT2D eigenvalue weighted by Crippen LogP contribution is 2.00. The molecule has 48 valence electrons. The van der Waals surface area contributed by atoms with Crippen LogP contribution < -0.4 is 5.73 Å². The van der Waals surface area contributed by atoms with Crippen LogP contribution in [0.4, 0.5) is 0 Å². The first-order valence-corrected chi connectivity index (χ1v) is 2.23.